The molecular weight excluding hydrogens is 396 g/mol. The van der Waals surface area contributed by atoms with Crippen molar-refractivity contribution in [1.29, 1.82) is 0 Å². The number of aryl methyl sites for hydroxylation is 2. The smallest absolute Gasteiger partial charge is 0.246 e. The van der Waals surface area contributed by atoms with Crippen LogP contribution in [0.2, 0.25) is 0 Å². The van der Waals surface area contributed by atoms with Crippen molar-refractivity contribution in [3.8, 4) is 0 Å². The molecule has 1 aliphatic heterocycles. The van der Waals surface area contributed by atoms with Gasteiger partial charge >= 0.3 is 0 Å². The van der Waals surface area contributed by atoms with E-state index in [9.17, 15) is 13.2 Å². The minimum Gasteiger partial charge on any atom is -0.326 e. The van der Waals surface area contributed by atoms with E-state index in [4.69, 9.17) is 0 Å². The van der Waals surface area contributed by atoms with Crippen molar-refractivity contribution in [3.63, 3.8) is 0 Å². The Hall–Kier alpha value is -1.84. The first kappa shape index (κ1) is 20.9. The lowest BCUT2D eigenvalue weighted by Gasteiger charge is -2.15. The van der Waals surface area contributed by atoms with Gasteiger partial charge in [0.15, 0.2) is 0 Å². The number of rotatable bonds is 7. The Morgan fingerprint density at radius 1 is 1.25 bits per heavy atom. The molecule has 9 heteroatoms. The SMILES string of the molecule is CSc1cccc(NC(=O)CCn2nc(C)c(S(=O)(=O)N3CCCC3)c2C)c1. The summed E-state index contributed by atoms with van der Waals surface area (Å²) >= 11 is 1.61. The van der Waals surface area contributed by atoms with Gasteiger partial charge in [-0.3, -0.25) is 9.48 Å². The van der Waals surface area contributed by atoms with Crippen LogP contribution < -0.4 is 5.32 Å². The molecule has 1 aromatic carbocycles. The molecular formula is C19H26N4O3S2. The minimum atomic E-state index is -3.53. The van der Waals surface area contributed by atoms with Crippen LogP contribution >= 0.6 is 11.8 Å². The Kier molecular flexibility index (Phi) is 6.47. The van der Waals surface area contributed by atoms with E-state index in [1.165, 1.54) is 4.31 Å². The van der Waals surface area contributed by atoms with Crippen LogP contribution in [-0.2, 0) is 21.4 Å². The van der Waals surface area contributed by atoms with Crippen molar-refractivity contribution in [2.24, 2.45) is 0 Å². The van der Waals surface area contributed by atoms with E-state index in [-0.39, 0.29) is 17.2 Å². The van der Waals surface area contributed by atoms with Crippen LogP contribution in [0.15, 0.2) is 34.1 Å². The Balaban J connectivity index is 1.69. The average molecular weight is 423 g/mol. The summed E-state index contributed by atoms with van der Waals surface area (Å²) in [5, 5.41) is 7.26. The molecule has 1 aromatic heterocycles. The van der Waals surface area contributed by atoms with Gasteiger partial charge in [-0.1, -0.05) is 6.07 Å². The largest absolute Gasteiger partial charge is 0.326 e. The molecule has 2 heterocycles. The van der Waals surface area contributed by atoms with Crippen molar-refractivity contribution >= 4 is 33.4 Å². The van der Waals surface area contributed by atoms with Gasteiger partial charge in [-0.2, -0.15) is 9.40 Å². The lowest BCUT2D eigenvalue weighted by Crippen LogP contribution is -2.28. The van der Waals surface area contributed by atoms with Crippen molar-refractivity contribution in [2.45, 2.75) is 49.4 Å². The van der Waals surface area contributed by atoms with Crippen LogP contribution in [0.1, 0.15) is 30.7 Å². The summed E-state index contributed by atoms with van der Waals surface area (Å²) in [5.74, 6) is -0.130. The number of sulfonamides is 1. The molecule has 152 valence electrons. The van der Waals surface area contributed by atoms with E-state index in [0.717, 1.165) is 23.4 Å². The molecule has 1 fully saturated rings. The number of carbonyl (C=O) groups is 1. The van der Waals surface area contributed by atoms with Crippen LogP contribution in [0.4, 0.5) is 5.69 Å². The van der Waals surface area contributed by atoms with Gasteiger partial charge in [-0.15, -0.1) is 11.8 Å². The molecule has 28 heavy (non-hydrogen) atoms. The third kappa shape index (κ3) is 4.42. The summed E-state index contributed by atoms with van der Waals surface area (Å²) in [6.07, 6.45) is 3.99. The number of hydrogen-bond donors (Lipinski definition) is 1. The number of amides is 1. The quantitative estimate of drug-likeness (QED) is 0.694. The molecule has 3 rings (SSSR count). The molecule has 2 aromatic rings. The Bertz CT molecular complexity index is 964. The van der Waals surface area contributed by atoms with Gasteiger partial charge in [0, 0.05) is 30.1 Å². The molecule has 0 unspecified atom stereocenters. The summed E-state index contributed by atoms with van der Waals surface area (Å²) in [6.45, 7) is 4.91. The zero-order chi connectivity index (χ0) is 20.3. The summed E-state index contributed by atoms with van der Waals surface area (Å²) in [6, 6.07) is 7.66. The molecule has 0 atom stereocenters. The molecule has 1 N–H and O–H groups in total. The van der Waals surface area contributed by atoms with Crippen LogP contribution in [0.3, 0.4) is 0 Å². The van der Waals surface area contributed by atoms with Crippen LogP contribution in [0, 0.1) is 13.8 Å². The summed E-state index contributed by atoms with van der Waals surface area (Å²) < 4.78 is 29.0. The van der Waals surface area contributed by atoms with E-state index < -0.39 is 10.0 Å². The van der Waals surface area contributed by atoms with Crippen LogP contribution in [-0.4, -0.2) is 47.8 Å². The van der Waals surface area contributed by atoms with Crippen LogP contribution in [0.25, 0.3) is 0 Å². The standard InChI is InChI=1S/C19H26N4O3S2/c1-14-19(28(25,26)22-10-4-5-11-22)15(2)23(21-14)12-9-18(24)20-16-7-6-8-17(13-16)27-3/h6-8,13H,4-5,9-12H2,1-3H3,(H,20,24). The fourth-order valence-electron chi connectivity index (χ4n) is 3.46. The van der Waals surface area contributed by atoms with Crippen molar-refractivity contribution in [2.75, 3.05) is 24.7 Å². The molecule has 0 aliphatic carbocycles. The van der Waals surface area contributed by atoms with Crippen LogP contribution in [0.5, 0.6) is 0 Å². The van der Waals surface area contributed by atoms with E-state index in [1.807, 2.05) is 30.5 Å². The van der Waals surface area contributed by atoms with E-state index in [2.05, 4.69) is 10.4 Å². The lowest BCUT2D eigenvalue weighted by atomic mass is 10.3. The van der Waals surface area contributed by atoms with Gasteiger partial charge in [0.05, 0.1) is 17.9 Å². The molecule has 1 amide bonds. The number of carbonyl (C=O) groups excluding carboxylic acids is 1. The molecule has 0 bridgehead atoms. The topological polar surface area (TPSA) is 84.3 Å². The first-order chi connectivity index (χ1) is 13.3. The van der Waals surface area contributed by atoms with Crippen molar-refractivity contribution < 1.29 is 13.2 Å². The number of nitrogens with one attached hydrogen (secondary N) is 1. The highest BCUT2D eigenvalue weighted by Crippen LogP contribution is 2.26. The zero-order valence-corrected chi connectivity index (χ0v) is 18.1. The summed E-state index contributed by atoms with van der Waals surface area (Å²) in [4.78, 5) is 13.7. The normalized spacial score (nSPS) is 15.1. The van der Waals surface area contributed by atoms with Crippen molar-refractivity contribution in [1.82, 2.24) is 14.1 Å². The minimum absolute atomic E-state index is 0.130. The summed E-state index contributed by atoms with van der Waals surface area (Å²) in [7, 11) is -3.53. The number of nitrogens with zero attached hydrogens (tertiary/aromatic N) is 3. The van der Waals surface area contributed by atoms with Gasteiger partial charge in [0.1, 0.15) is 4.90 Å². The molecule has 7 nitrogen and oxygen atoms in total. The Labute approximate surface area is 170 Å². The van der Waals surface area contributed by atoms with Gasteiger partial charge < -0.3 is 5.32 Å². The molecule has 0 spiro atoms. The molecule has 1 aliphatic rings. The summed E-state index contributed by atoms with van der Waals surface area (Å²) in [5.41, 5.74) is 1.82. The second kappa shape index (κ2) is 8.67. The third-order valence-corrected chi connectivity index (χ3v) is 7.76. The van der Waals surface area contributed by atoms with E-state index in [0.29, 0.717) is 31.0 Å². The Morgan fingerprint density at radius 2 is 1.96 bits per heavy atom. The third-order valence-electron chi connectivity index (χ3n) is 4.88. The molecule has 0 saturated carbocycles. The number of anilines is 1. The maximum atomic E-state index is 12.9. The second-order valence-corrected chi connectivity index (χ2v) is 9.62. The van der Waals surface area contributed by atoms with Gasteiger partial charge in [-0.25, -0.2) is 8.42 Å². The highest BCUT2D eigenvalue weighted by molar-refractivity contribution is 7.98. The van der Waals surface area contributed by atoms with E-state index in [1.54, 1.807) is 30.3 Å². The van der Waals surface area contributed by atoms with E-state index >= 15 is 0 Å². The van der Waals surface area contributed by atoms with Gasteiger partial charge in [0.25, 0.3) is 0 Å². The number of benzene rings is 1. The zero-order valence-electron chi connectivity index (χ0n) is 16.4. The maximum Gasteiger partial charge on any atom is 0.246 e. The fourth-order valence-corrected chi connectivity index (χ4v) is 5.81. The highest BCUT2D eigenvalue weighted by atomic mass is 32.2. The highest BCUT2D eigenvalue weighted by Gasteiger charge is 2.32. The van der Waals surface area contributed by atoms with Gasteiger partial charge in [-0.05, 0) is 51.1 Å². The van der Waals surface area contributed by atoms with Crippen molar-refractivity contribution in [3.05, 3.63) is 35.7 Å². The monoisotopic (exact) mass is 422 g/mol. The lowest BCUT2D eigenvalue weighted by molar-refractivity contribution is -0.116. The number of aromatic nitrogens is 2. The molecule has 1 saturated heterocycles. The maximum absolute atomic E-state index is 12.9. The average Bonchev–Trinajstić information content (AvgIpc) is 3.29. The Morgan fingerprint density at radius 3 is 2.64 bits per heavy atom. The predicted octanol–water partition coefficient (Wildman–Crippen LogP) is 3.04. The molecule has 0 radical (unpaired) electrons. The predicted molar refractivity (Wildman–Crippen MR) is 111 cm³/mol. The number of thioether (sulfide) groups is 1. The first-order valence-electron chi connectivity index (χ1n) is 9.31. The second-order valence-electron chi connectivity index (χ2n) is 6.86. The number of hydrogen-bond acceptors (Lipinski definition) is 5. The van der Waals surface area contributed by atoms with Gasteiger partial charge in [0.2, 0.25) is 15.9 Å². The fraction of sp³-hybridized carbons (Fsp3) is 0.474. The first-order valence-corrected chi connectivity index (χ1v) is 12.0.